The first-order valence-electron chi connectivity index (χ1n) is 19.7. The van der Waals surface area contributed by atoms with E-state index in [-0.39, 0.29) is 40.9 Å². The monoisotopic (exact) mass is 742 g/mol. The van der Waals surface area contributed by atoms with Crippen LogP contribution in [0.15, 0.2) is 11.6 Å². The minimum Gasteiger partial charge on any atom is -0.394 e. The van der Waals surface area contributed by atoms with E-state index in [4.69, 9.17) is 18.9 Å². The zero-order valence-corrected chi connectivity index (χ0v) is 31.6. The average Bonchev–Trinajstić information content (AvgIpc) is 3.40. The highest BCUT2D eigenvalue weighted by Gasteiger charge is 2.66. The lowest BCUT2D eigenvalue weighted by atomic mass is 9.43. The number of aliphatic hydroxyl groups excluding tert-OH is 9. The summed E-state index contributed by atoms with van der Waals surface area (Å²) in [5.74, 6) is 0.397. The molecule has 2 heterocycles. The quantitative estimate of drug-likeness (QED) is 0.151. The average molecular weight is 743 g/mol. The van der Waals surface area contributed by atoms with Crippen molar-refractivity contribution in [3.63, 3.8) is 0 Å². The van der Waals surface area contributed by atoms with Crippen molar-refractivity contribution in [2.24, 2.45) is 46.3 Å². The van der Waals surface area contributed by atoms with Gasteiger partial charge >= 0.3 is 0 Å². The minimum absolute atomic E-state index is 0.141. The molecule has 13 nitrogen and oxygen atoms in total. The van der Waals surface area contributed by atoms with Gasteiger partial charge in [-0.2, -0.15) is 0 Å². The molecule has 4 aliphatic carbocycles. The fraction of sp³-hybridized carbons (Fsp3) is 0.949. The summed E-state index contributed by atoms with van der Waals surface area (Å²) in [4.78, 5) is 0. The van der Waals surface area contributed by atoms with Gasteiger partial charge in [0.05, 0.1) is 37.1 Å². The Morgan fingerprint density at radius 1 is 0.808 bits per heavy atom. The molecule has 6 fully saturated rings. The van der Waals surface area contributed by atoms with Gasteiger partial charge in [-0.25, -0.2) is 0 Å². The molecule has 6 rings (SSSR count). The van der Waals surface area contributed by atoms with Crippen molar-refractivity contribution in [1.82, 2.24) is 0 Å². The summed E-state index contributed by atoms with van der Waals surface area (Å²) in [5.41, 5.74) is 0.455. The molecular formula is C39H66O13. The predicted octanol–water partition coefficient (Wildman–Crippen LogP) is 0.977. The summed E-state index contributed by atoms with van der Waals surface area (Å²) in [6, 6.07) is 0. The molecule has 9 N–H and O–H groups in total. The first-order chi connectivity index (χ1) is 24.4. The van der Waals surface area contributed by atoms with E-state index in [2.05, 4.69) is 20.8 Å². The maximum Gasteiger partial charge on any atom is 0.186 e. The summed E-state index contributed by atoms with van der Waals surface area (Å²) in [6.45, 7) is 11.7. The number of ether oxygens (including phenoxy) is 4. The van der Waals surface area contributed by atoms with Crippen molar-refractivity contribution in [2.45, 2.75) is 179 Å². The van der Waals surface area contributed by atoms with Gasteiger partial charge in [-0.05, 0) is 112 Å². The highest BCUT2D eigenvalue weighted by molar-refractivity contribution is 5.15. The third-order valence-electron chi connectivity index (χ3n) is 15.0. The third kappa shape index (κ3) is 7.07. The van der Waals surface area contributed by atoms with Gasteiger partial charge in [0.1, 0.15) is 42.7 Å². The van der Waals surface area contributed by atoms with E-state index in [0.29, 0.717) is 25.7 Å². The van der Waals surface area contributed by atoms with E-state index in [1.54, 1.807) is 6.92 Å². The molecule has 22 atom stereocenters. The van der Waals surface area contributed by atoms with Crippen molar-refractivity contribution >= 4 is 0 Å². The summed E-state index contributed by atoms with van der Waals surface area (Å²) in [7, 11) is 0. The number of rotatable bonds is 9. The first kappa shape index (κ1) is 40.9. The van der Waals surface area contributed by atoms with Crippen LogP contribution in [0.2, 0.25) is 0 Å². The van der Waals surface area contributed by atoms with Crippen molar-refractivity contribution in [1.29, 1.82) is 0 Å². The molecule has 0 radical (unpaired) electrons. The Hall–Kier alpha value is -0.780. The summed E-state index contributed by atoms with van der Waals surface area (Å²) < 4.78 is 25.0. The molecule has 6 aliphatic rings. The smallest absolute Gasteiger partial charge is 0.186 e. The fourth-order valence-corrected chi connectivity index (χ4v) is 12.0. The normalized spacial score (nSPS) is 53.3. The van der Waals surface area contributed by atoms with Gasteiger partial charge in [0.15, 0.2) is 12.6 Å². The second-order valence-corrected chi connectivity index (χ2v) is 18.1. The van der Waals surface area contributed by atoms with E-state index in [1.807, 2.05) is 19.9 Å². The molecule has 52 heavy (non-hydrogen) atoms. The van der Waals surface area contributed by atoms with Gasteiger partial charge in [0.2, 0.25) is 0 Å². The summed E-state index contributed by atoms with van der Waals surface area (Å²) in [5, 5.41) is 96.3. The van der Waals surface area contributed by atoms with Crippen LogP contribution in [-0.2, 0) is 18.9 Å². The van der Waals surface area contributed by atoms with Crippen LogP contribution in [0.3, 0.4) is 0 Å². The van der Waals surface area contributed by atoms with Crippen molar-refractivity contribution in [2.75, 3.05) is 6.61 Å². The minimum atomic E-state index is -1.56. The second-order valence-electron chi connectivity index (χ2n) is 18.1. The number of hydrogen-bond acceptors (Lipinski definition) is 13. The number of allylic oxidation sites excluding steroid dienone is 1. The predicted molar refractivity (Wildman–Crippen MR) is 187 cm³/mol. The summed E-state index contributed by atoms with van der Waals surface area (Å²) >= 11 is 0. The lowest BCUT2D eigenvalue weighted by Crippen LogP contribution is -2.63. The van der Waals surface area contributed by atoms with Gasteiger partial charge < -0.3 is 64.9 Å². The molecule has 0 aromatic heterocycles. The van der Waals surface area contributed by atoms with E-state index < -0.39 is 97.8 Å². The van der Waals surface area contributed by atoms with Crippen LogP contribution in [0, 0.1) is 46.3 Å². The standard InChI is InChI=1S/C39H66O13/c1-17(2)7-10-25(42)18(3)29-26(50-37-35(48)33(46)31(44)27(16-40)51-37)15-24-22-9-8-20-13-21(41)14-28(39(20,6)23(22)11-12-38(24,29)5)52-36-34(47)32(45)30(43)19(4)49-36/h7,18-37,40-48H,8-16H2,1-6H3/t18-,19+,20+,21-,22-,23+,24+,25+,26+,27-,28-,29+,30+,31-,32-,33+,34-,35-,36+,37-,38+,39+/m1/s1. The zero-order valence-electron chi connectivity index (χ0n) is 31.6. The van der Waals surface area contributed by atoms with Crippen molar-refractivity contribution in [3.8, 4) is 0 Å². The van der Waals surface area contributed by atoms with Crippen LogP contribution in [0.4, 0.5) is 0 Å². The first-order valence-corrected chi connectivity index (χ1v) is 19.7. The molecule has 0 amide bonds. The van der Waals surface area contributed by atoms with E-state index in [1.165, 1.54) is 0 Å². The molecule has 2 saturated heterocycles. The molecular weight excluding hydrogens is 676 g/mol. The van der Waals surface area contributed by atoms with Crippen LogP contribution in [0.25, 0.3) is 0 Å². The highest BCUT2D eigenvalue weighted by atomic mass is 16.7. The number of hydrogen-bond donors (Lipinski definition) is 9. The fourth-order valence-electron chi connectivity index (χ4n) is 12.0. The molecule has 0 aromatic rings. The maximum absolute atomic E-state index is 11.6. The van der Waals surface area contributed by atoms with Crippen LogP contribution < -0.4 is 0 Å². The lowest BCUT2D eigenvalue weighted by Gasteiger charge is -2.63. The van der Waals surface area contributed by atoms with Crippen LogP contribution in [0.1, 0.15) is 92.9 Å². The molecule has 0 spiro atoms. The van der Waals surface area contributed by atoms with Crippen molar-refractivity contribution < 1.29 is 64.9 Å². The highest BCUT2D eigenvalue weighted by Crippen LogP contribution is 2.69. The Morgan fingerprint density at radius 2 is 1.46 bits per heavy atom. The lowest BCUT2D eigenvalue weighted by molar-refractivity contribution is -0.328. The Kier molecular flexibility index (Phi) is 12.3. The van der Waals surface area contributed by atoms with Gasteiger partial charge in [0, 0.05) is 6.42 Å². The van der Waals surface area contributed by atoms with Gasteiger partial charge in [-0.1, -0.05) is 32.4 Å². The van der Waals surface area contributed by atoms with Gasteiger partial charge in [0.25, 0.3) is 0 Å². The number of aliphatic hydroxyl groups is 9. The molecule has 300 valence electrons. The van der Waals surface area contributed by atoms with E-state index in [0.717, 1.165) is 31.3 Å². The molecule has 13 heteroatoms. The maximum atomic E-state index is 11.6. The largest absolute Gasteiger partial charge is 0.394 e. The molecule has 2 aliphatic heterocycles. The SMILES string of the molecule is CC(C)=CC[C@H](O)[C@@H](C)[C@H]1[C@@H](O[C@@H]2O[C@H](CO)[C@@H](O)[C@H](O)[C@H]2O)C[C@H]2[C@@H]3CC[C@H]4C[C@@H](O)C[C@@H](O[C@@H]5O[C@@H](C)[C@H](O)[C@@H](O)[C@H]5O)[C@]4(C)[C@H]3CC[C@]12C. The molecule has 0 bridgehead atoms. The molecule has 4 saturated carbocycles. The van der Waals surface area contributed by atoms with Gasteiger partial charge in [-0.3, -0.25) is 0 Å². The third-order valence-corrected chi connectivity index (χ3v) is 15.0. The Morgan fingerprint density at radius 3 is 2.12 bits per heavy atom. The zero-order chi connectivity index (χ0) is 38.0. The molecule has 0 aromatic carbocycles. The van der Waals surface area contributed by atoms with Crippen molar-refractivity contribution in [3.05, 3.63) is 11.6 Å². The number of fused-ring (bicyclic) bond motifs is 5. The molecule has 0 unspecified atom stereocenters. The van der Waals surface area contributed by atoms with E-state index >= 15 is 0 Å². The van der Waals surface area contributed by atoms with Crippen LogP contribution in [0.5, 0.6) is 0 Å². The topological polar surface area (TPSA) is 219 Å². The Labute approximate surface area is 307 Å². The Bertz CT molecular complexity index is 1250. The van der Waals surface area contributed by atoms with Gasteiger partial charge in [-0.15, -0.1) is 0 Å². The van der Waals surface area contributed by atoms with Crippen LogP contribution >= 0.6 is 0 Å². The Balaban J connectivity index is 1.30. The second kappa shape index (κ2) is 15.6. The van der Waals surface area contributed by atoms with E-state index in [9.17, 15) is 46.0 Å². The van der Waals surface area contributed by atoms with Crippen LogP contribution in [-0.4, -0.2) is 138 Å². The summed E-state index contributed by atoms with van der Waals surface area (Å²) in [6.07, 6.45) is -7.54.